The van der Waals surface area contributed by atoms with Crippen molar-refractivity contribution in [3.63, 3.8) is 0 Å². The van der Waals surface area contributed by atoms with Crippen LogP contribution in [0.15, 0.2) is 42.5 Å². The summed E-state index contributed by atoms with van der Waals surface area (Å²) in [5.74, 6) is -0.379. The fourth-order valence-corrected chi connectivity index (χ4v) is 2.44. The van der Waals surface area contributed by atoms with E-state index in [9.17, 15) is 14.9 Å². The first-order valence-electron chi connectivity index (χ1n) is 6.61. The van der Waals surface area contributed by atoms with Gasteiger partial charge in [-0.05, 0) is 53.8 Å². The molecule has 6 nitrogen and oxygen atoms in total. The molecule has 2 rings (SSSR count). The van der Waals surface area contributed by atoms with Gasteiger partial charge in [0, 0.05) is 21.7 Å². The van der Waals surface area contributed by atoms with Gasteiger partial charge in [0.25, 0.3) is 11.6 Å². The van der Waals surface area contributed by atoms with Crippen molar-refractivity contribution in [2.45, 2.75) is 6.92 Å². The molecule has 0 spiro atoms. The highest BCUT2D eigenvalue weighted by Crippen LogP contribution is 2.26. The molecule has 0 unspecified atom stereocenters. The summed E-state index contributed by atoms with van der Waals surface area (Å²) in [4.78, 5) is 22.9. The van der Waals surface area contributed by atoms with Gasteiger partial charge in [-0.1, -0.05) is 12.1 Å². The van der Waals surface area contributed by atoms with Crippen LogP contribution in [0.5, 0.6) is 0 Å². The van der Waals surface area contributed by atoms with E-state index in [-0.39, 0.29) is 17.2 Å². The predicted octanol–water partition coefficient (Wildman–Crippen LogP) is 3.88. The monoisotopic (exact) mass is 411 g/mol. The number of nitrogens with one attached hydrogen (secondary N) is 2. The Bertz CT molecular complexity index is 719. The summed E-state index contributed by atoms with van der Waals surface area (Å²) in [5, 5.41) is 16.8. The van der Waals surface area contributed by atoms with E-state index in [0.717, 1.165) is 3.57 Å². The summed E-state index contributed by atoms with van der Waals surface area (Å²) in [6, 6.07) is 11.7. The van der Waals surface area contributed by atoms with Crippen LogP contribution in [0.3, 0.4) is 0 Å². The molecule has 0 heterocycles. The van der Waals surface area contributed by atoms with Crippen LogP contribution < -0.4 is 10.6 Å². The highest BCUT2D eigenvalue weighted by molar-refractivity contribution is 14.1. The Morgan fingerprint density at radius 1 is 1.23 bits per heavy atom. The second-order valence-corrected chi connectivity index (χ2v) is 5.62. The van der Waals surface area contributed by atoms with Gasteiger partial charge in [-0.15, -0.1) is 0 Å². The van der Waals surface area contributed by atoms with Crippen LogP contribution in [0.4, 0.5) is 17.1 Å². The normalized spacial score (nSPS) is 10.1. The number of amides is 1. The third-order valence-electron chi connectivity index (χ3n) is 2.95. The summed E-state index contributed by atoms with van der Waals surface area (Å²) in [6.07, 6.45) is 0. The molecule has 0 atom stereocenters. The standard InChI is InChI=1S/C15H14IN3O3/c1-2-17-13-8-7-10(9-14(13)19(21)22)15(20)18-12-6-4-3-5-11(12)16/h3-9,17H,2H2,1H3,(H,18,20). The van der Waals surface area contributed by atoms with Crippen LogP contribution in [-0.4, -0.2) is 17.4 Å². The molecule has 0 aliphatic carbocycles. The van der Waals surface area contributed by atoms with Gasteiger partial charge in [0.1, 0.15) is 5.69 Å². The van der Waals surface area contributed by atoms with Crippen molar-refractivity contribution < 1.29 is 9.72 Å². The van der Waals surface area contributed by atoms with E-state index in [1.54, 1.807) is 18.2 Å². The molecule has 0 saturated carbocycles. The first-order chi connectivity index (χ1) is 10.5. The lowest BCUT2D eigenvalue weighted by Gasteiger charge is -2.09. The second-order valence-electron chi connectivity index (χ2n) is 4.45. The topological polar surface area (TPSA) is 84.3 Å². The van der Waals surface area contributed by atoms with Crippen LogP contribution in [0, 0.1) is 13.7 Å². The highest BCUT2D eigenvalue weighted by atomic mass is 127. The summed E-state index contributed by atoms with van der Waals surface area (Å²) in [7, 11) is 0. The lowest BCUT2D eigenvalue weighted by atomic mass is 10.1. The van der Waals surface area contributed by atoms with E-state index < -0.39 is 4.92 Å². The van der Waals surface area contributed by atoms with E-state index in [2.05, 4.69) is 33.2 Å². The van der Waals surface area contributed by atoms with Crippen molar-refractivity contribution in [3.05, 3.63) is 61.7 Å². The fourth-order valence-electron chi connectivity index (χ4n) is 1.92. The zero-order valence-electron chi connectivity index (χ0n) is 11.8. The molecule has 0 saturated heterocycles. The van der Waals surface area contributed by atoms with E-state index >= 15 is 0 Å². The Morgan fingerprint density at radius 2 is 1.95 bits per heavy atom. The van der Waals surface area contributed by atoms with Gasteiger partial charge in [0.05, 0.1) is 10.6 Å². The molecule has 2 aromatic rings. The van der Waals surface area contributed by atoms with Crippen molar-refractivity contribution in [2.75, 3.05) is 17.2 Å². The Kier molecular flexibility index (Phi) is 5.31. The number of nitro benzene ring substituents is 1. The van der Waals surface area contributed by atoms with Crippen LogP contribution >= 0.6 is 22.6 Å². The van der Waals surface area contributed by atoms with Crippen LogP contribution in [0.25, 0.3) is 0 Å². The average molecular weight is 411 g/mol. The number of nitro groups is 1. The number of carbonyl (C=O) groups is 1. The lowest BCUT2D eigenvalue weighted by Crippen LogP contribution is -2.13. The van der Waals surface area contributed by atoms with Gasteiger partial charge in [0.2, 0.25) is 0 Å². The fraction of sp³-hybridized carbons (Fsp3) is 0.133. The highest BCUT2D eigenvalue weighted by Gasteiger charge is 2.17. The number of anilines is 2. The minimum Gasteiger partial charge on any atom is -0.380 e. The summed E-state index contributed by atoms with van der Waals surface area (Å²) < 4.78 is 0.896. The van der Waals surface area contributed by atoms with E-state index in [1.165, 1.54) is 6.07 Å². The minimum absolute atomic E-state index is 0.114. The first-order valence-corrected chi connectivity index (χ1v) is 7.69. The third kappa shape index (κ3) is 3.73. The van der Waals surface area contributed by atoms with Gasteiger partial charge in [-0.3, -0.25) is 14.9 Å². The largest absolute Gasteiger partial charge is 0.380 e. The number of hydrogen-bond donors (Lipinski definition) is 2. The molecule has 0 aliphatic heterocycles. The summed E-state index contributed by atoms with van der Waals surface area (Å²) >= 11 is 2.11. The molecule has 1 amide bonds. The molecule has 114 valence electrons. The average Bonchev–Trinajstić information content (AvgIpc) is 2.50. The molecular weight excluding hydrogens is 397 g/mol. The van der Waals surface area contributed by atoms with Gasteiger partial charge in [0.15, 0.2) is 0 Å². The third-order valence-corrected chi connectivity index (χ3v) is 3.89. The molecule has 0 fully saturated rings. The van der Waals surface area contributed by atoms with Crippen molar-refractivity contribution in [1.29, 1.82) is 0 Å². The van der Waals surface area contributed by atoms with Crippen LogP contribution in [-0.2, 0) is 0 Å². The van der Waals surface area contributed by atoms with Crippen LogP contribution in [0.2, 0.25) is 0 Å². The number of nitrogens with zero attached hydrogens (tertiary/aromatic N) is 1. The predicted molar refractivity (Wildman–Crippen MR) is 94.4 cm³/mol. The number of carbonyl (C=O) groups excluding carboxylic acids is 1. The van der Waals surface area contributed by atoms with E-state index in [4.69, 9.17) is 0 Å². The first kappa shape index (κ1) is 16.2. The second kappa shape index (κ2) is 7.21. The molecule has 0 aliphatic rings. The summed E-state index contributed by atoms with van der Waals surface area (Å²) in [6.45, 7) is 2.41. The maximum Gasteiger partial charge on any atom is 0.293 e. The molecule has 2 N–H and O–H groups in total. The summed E-state index contributed by atoms with van der Waals surface area (Å²) in [5.41, 5.74) is 1.20. The van der Waals surface area contributed by atoms with Gasteiger partial charge in [-0.25, -0.2) is 0 Å². The molecule has 0 bridgehead atoms. The minimum atomic E-state index is -0.499. The molecule has 0 aromatic heterocycles. The number of para-hydroxylation sites is 1. The zero-order valence-corrected chi connectivity index (χ0v) is 14.0. The maximum atomic E-state index is 12.3. The molecule has 22 heavy (non-hydrogen) atoms. The van der Waals surface area contributed by atoms with Crippen molar-refractivity contribution in [2.24, 2.45) is 0 Å². The number of halogens is 1. The van der Waals surface area contributed by atoms with Crippen molar-refractivity contribution in [1.82, 2.24) is 0 Å². The lowest BCUT2D eigenvalue weighted by molar-refractivity contribution is -0.384. The molecular formula is C15H14IN3O3. The Morgan fingerprint density at radius 3 is 2.59 bits per heavy atom. The van der Waals surface area contributed by atoms with E-state index in [1.807, 2.05) is 25.1 Å². The van der Waals surface area contributed by atoms with Gasteiger partial charge in [-0.2, -0.15) is 0 Å². The van der Waals surface area contributed by atoms with Crippen molar-refractivity contribution in [3.8, 4) is 0 Å². The Labute approximate surface area is 141 Å². The number of hydrogen-bond acceptors (Lipinski definition) is 4. The van der Waals surface area contributed by atoms with Gasteiger partial charge < -0.3 is 10.6 Å². The SMILES string of the molecule is CCNc1ccc(C(=O)Nc2ccccc2I)cc1[N+](=O)[O-]. The molecule has 2 aromatic carbocycles. The zero-order chi connectivity index (χ0) is 16.1. The van der Waals surface area contributed by atoms with E-state index in [0.29, 0.717) is 17.9 Å². The quantitative estimate of drug-likeness (QED) is 0.444. The molecule has 0 radical (unpaired) electrons. The maximum absolute atomic E-state index is 12.3. The Hall–Kier alpha value is -2.16. The smallest absolute Gasteiger partial charge is 0.293 e. The van der Waals surface area contributed by atoms with Crippen LogP contribution in [0.1, 0.15) is 17.3 Å². The Balaban J connectivity index is 2.28. The number of rotatable bonds is 5. The van der Waals surface area contributed by atoms with Crippen molar-refractivity contribution >= 4 is 45.6 Å². The van der Waals surface area contributed by atoms with Gasteiger partial charge >= 0.3 is 0 Å². The number of benzene rings is 2. The molecule has 7 heteroatoms.